The fraction of sp³-hybridized carbons (Fsp3) is 0.300. The van der Waals surface area contributed by atoms with Crippen LogP contribution in [-0.2, 0) is 0 Å². The highest BCUT2D eigenvalue weighted by molar-refractivity contribution is 6.02. The molecule has 0 amide bonds. The number of Topliss-reactive ketones (excluding diaryl/α,β-unsaturated/α-hetero) is 1. The Kier molecular flexibility index (Phi) is 4.06. The van der Waals surface area contributed by atoms with E-state index in [0.717, 1.165) is 12.1 Å². The Labute approximate surface area is 101 Å². The maximum Gasteiger partial charge on any atom is 0.461 e. The van der Waals surface area contributed by atoms with E-state index in [4.69, 9.17) is 0 Å². The van der Waals surface area contributed by atoms with Crippen molar-refractivity contribution >= 4 is 5.78 Å². The first-order chi connectivity index (χ1) is 8.55. The van der Waals surface area contributed by atoms with Crippen molar-refractivity contribution in [2.75, 3.05) is 0 Å². The average Bonchev–Trinajstić information content (AvgIpc) is 2.25. The van der Waals surface area contributed by atoms with Gasteiger partial charge in [-0.1, -0.05) is 12.1 Å². The molecule has 0 N–H and O–H groups in total. The summed E-state index contributed by atoms with van der Waals surface area (Å²) < 4.78 is 88.8. The van der Waals surface area contributed by atoms with Gasteiger partial charge in [0.05, 0.1) is 0 Å². The summed E-state index contributed by atoms with van der Waals surface area (Å²) >= 11 is 0. The zero-order chi connectivity index (χ0) is 14.8. The third kappa shape index (κ3) is 3.36. The van der Waals surface area contributed by atoms with Gasteiger partial charge in [-0.25, -0.2) is 0 Å². The molecule has 19 heavy (non-hydrogen) atoms. The number of rotatable bonds is 4. The van der Waals surface area contributed by atoms with Gasteiger partial charge >= 0.3 is 18.7 Å². The minimum atomic E-state index is -6.07. The Bertz CT molecular complexity index is 467. The topological polar surface area (TPSA) is 26.3 Å². The van der Waals surface area contributed by atoms with Gasteiger partial charge in [-0.05, 0) is 12.1 Å². The van der Waals surface area contributed by atoms with Crippen molar-refractivity contribution in [1.29, 1.82) is 0 Å². The second-order valence-corrected chi connectivity index (χ2v) is 3.31. The van der Waals surface area contributed by atoms with Crippen LogP contribution in [-0.4, -0.2) is 24.5 Å². The predicted molar refractivity (Wildman–Crippen MR) is 48.4 cm³/mol. The molecule has 1 aromatic rings. The highest BCUT2D eigenvalue weighted by atomic mass is 19.4. The quantitative estimate of drug-likeness (QED) is 0.624. The zero-order valence-electron chi connectivity index (χ0n) is 8.85. The molecule has 0 saturated heterocycles. The fourth-order valence-electron chi connectivity index (χ4n) is 1.12. The van der Waals surface area contributed by atoms with E-state index in [1.54, 1.807) is 0 Å². The van der Waals surface area contributed by atoms with Crippen LogP contribution in [0.4, 0.5) is 30.7 Å². The summed E-state index contributed by atoms with van der Waals surface area (Å²) in [7, 11) is 0. The Balaban J connectivity index is 3.07. The molecule has 0 saturated carbocycles. The predicted octanol–water partition coefficient (Wildman–Crippen LogP) is 3.67. The number of carbonyl (C=O) groups excluding carboxylic acids is 1. The molecule has 0 spiro atoms. The normalized spacial score (nSPS) is 12.6. The maximum atomic E-state index is 12.7. The third-order valence-corrected chi connectivity index (χ3v) is 1.96. The van der Waals surface area contributed by atoms with Gasteiger partial charge in [-0.15, -0.1) is 0 Å². The lowest BCUT2D eigenvalue weighted by Gasteiger charge is -2.18. The van der Waals surface area contributed by atoms with Crippen molar-refractivity contribution in [3.63, 3.8) is 0 Å². The number of benzene rings is 1. The molecule has 0 aromatic heterocycles. The summed E-state index contributed by atoms with van der Waals surface area (Å²) in [6.45, 7) is -3.30. The number of alkyl halides is 7. The molecule has 0 atom stereocenters. The lowest BCUT2D eigenvalue weighted by Crippen LogP contribution is -2.44. The smallest absolute Gasteiger partial charge is 0.435 e. The molecule has 1 rings (SSSR count). The molecular weight excluding hydrogens is 285 g/mol. The van der Waals surface area contributed by atoms with Crippen molar-refractivity contribution in [3.05, 3.63) is 29.8 Å². The lowest BCUT2D eigenvalue weighted by atomic mass is 10.0. The largest absolute Gasteiger partial charge is 0.461 e. The summed E-state index contributed by atoms with van der Waals surface area (Å²) in [5, 5.41) is 0. The van der Waals surface area contributed by atoms with Crippen molar-refractivity contribution in [3.8, 4) is 5.75 Å². The molecule has 0 fully saturated rings. The number of ether oxygens (including phenoxy) is 1. The van der Waals surface area contributed by atoms with Gasteiger partial charge in [0.2, 0.25) is 5.78 Å². The molecule has 0 aliphatic heterocycles. The first-order valence-corrected chi connectivity index (χ1v) is 4.60. The second kappa shape index (κ2) is 5.06. The van der Waals surface area contributed by atoms with Gasteiger partial charge in [0.25, 0.3) is 0 Å². The highest BCUT2D eigenvalue weighted by Crippen LogP contribution is 2.38. The Morgan fingerprint density at radius 2 is 1.68 bits per heavy atom. The standard InChI is InChI=1S/C10H5F7O2/c11-8(12)19-6-3-1-2-5(4-6)7(18)9(13,14)10(15,16)17/h1-4,8H. The monoisotopic (exact) mass is 290 g/mol. The van der Waals surface area contributed by atoms with Gasteiger partial charge in [0.1, 0.15) is 5.75 Å². The zero-order valence-corrected chi connectivity index (χ0v) is 8.85. The molecule has 0 radical (unpaired) electrons. The van der Waals surface area contributed by atoms with Crippen molar-refractivity contribution in [1.82, 2.24) is 0 Å². The Morgan fingerprint density at radius 3 is 2.16 bits per heavy atom. The van der Waals surface area contributed by atoms with Gasteiger partial charge in [-0.3, -0.25) is 4.79 Å². The van der Waals surface area contributed by atoms with E-state index in [2.05, 4.69) is 4.74 Å². The van der Waals surface area contributed by atoms with E-state index in [0.29, 0.717) is 12.1 Å². The van der Waals surface area contributed by atoms with Crippen molar-refractivity contribution in [2.45, 2.75) is 18.7 Å². The van der Waals surface area contributed by atoms with Crippen LogP contribution < -0.4 is 4.74 Å². The van der Waals surface area contributed by atoms with E-state index in [1.165, 1.54) is 0 Å². The van der Waals surface area contributed by atoms with E-state index in [9.17, 15) is 35.5 Å². The first-order valence-electron chi connectivity index (χ1n) is 4.60. The highest BCUT2D eigenvalue weighted by Gasteiger charge is 2.63. The molecule has 9 heteroatoms. The van der Waals surface area contributed by atoms with Gasteiger partial charge in [0, 0.05) is 5.56 Å². The van der Waals surface area contributed by atoms with Gasteiger partial charge in [0.15, 0.2) is 0 Å². The molecule has 106 valence electrons. The first kappa shape index (κ1) is 15.3. The summed E-state index contributed by atoms with van der Waals surface area (Å²) in [6.07, 6.45) is -6.07. The molecule has 0 bridgehead atoms. The summed E-state index contributed by atoms with van der Waals surface area (Å²) in [5.41, 5.74) is -1.08. The molecule has 2 nitrogen and oxygen atoms in total. The summed E-state index contributed by atoms with van der Waals surface area (Å²) in [6, 6.07) is 2.75. The third-order valence-electron chi connectivity index (χ3n) is 1.96. The SMILES string of the molecule is O=C(c1cccc(OC(F)F)c1)C(F)(F)C(F)(F)F. The maximum absolute atomic E-state index is 12.7. The van der Waals surface area contributed by atoms with Gasteiger partial charge in [-0.2, -0.15) is 30.7 Å². The van der Waals surface area contributed by atoms with Crippen LogP contribution >= 0.6 is 0 Å². The van der Waals surface area contributed by atoms with E-state index < -0.39 is 35.8 Å². The Hall–Kier alpha value is -1.80. The van der Waals surface area contributed by atoms with Crippen molar-refractivity contribution < 1.29 is 40.3 Å². The summed E-state index contributed by atoms with van der Waals surface area (Å²) in [4.78, 5) is 11.0. The lowest BCUT2D eigenvalue weighted by molar-refractivity contribution is -0.255. The van der Waals surface area contributed by atoms with Crippen LogP contribution in [0.3, 0.4) is 0 Å². The average molecular weight is 290 g/mol. The molecule has 0 aliphatic carbocycles. The molecule has 0 heterocycles. The minimum Gasteiger partial charge on any atom is -0.435 e. The number of hydrogen-bond acceptors (Lipinski definition) is 2. The fourth-order valence-corrected chi connectivity index (χ4v) is 1.12. The van der Waals surface area contributed by atoms with Crippen LogP contribution in [0.2, 0.25) is 0 Å². The number of hydrogen-bond donors (Lipinski definition) is 0. The number of ketones is 1. The number of halogens is 7. The van der Waals surface area contributed by atoms with Crippen LogP contribution in [0.15, 0.2) is 24.3 Å². The molecule has 0 aliphatic rings. The van der Waals surface area contributed by atoms with E-state index >= 15 is 0 Å². The molecule has 1 aromatic carbocycles. The second-order valence-electron chi connectivity index (χ2n) is 3.31. The van der Waals surface area contributed by atoms with Crippen LogP contribution in [0, 0.1) is 0 Å². The van der Waals surface area contributed by atoms with Crippen LogP contribution in [0.25, 0.3) is 0 Å². The molecule has 0 unspecified atom stereocenters. The molecular formula is C10H5F7O2. The van der Waals surface area contributed by atoms with E-state index in [-0.39, 0.29) is 0 Å². The van der Waals surface area contributed by atoms with Crippen LogP contribution in [0.1, 0.15) is 10.4 Å². The van der Waals surface area contributed by atoms with Gasteiger partial charge < -0.3 is 4.74 Å². The summed E-state index contributed by atoms with van der Waals surface area (Å²) in [5.74, 6) is -8.84. The Morgan fingerprint density at radius 1 is 1.11 bits per heavy atom. The number of carbonyl (C=O) groups is 1. The van der Waals surface area contributed by atoms with Crippen LogP contribution in [0.5, 0.6) is 5.75 Å². The van der Waals surface area contributed by atoms with E-state index in [1.807, 2.05) is 0 Å². The minimum absolute atomic E-state index is 0.383. The van der Waals surface area contributed by atoms with Crippen molar-refractivity contribution in [2.24, 2.45) is 0 Å².